The second kappa shape index (κ2) is 8.12. The van der Waals surface area contributed by atoms with Crippen molar-refractivity contribution in [3.8, 4) is 17.2 Å². The second-order valence-electron chi connectivity index (χ2n) is 7.23. The summed E-state index contributed by atoms with van der Waals surface area (Å²) in [5.41, 5.74) is 2.05. The smallest absolute Gasteiger partial charge is 0.246 e. The Labute approximate surface area is 173 Å². The number of aromatic amines is 1. The van der Waals surface area contributed by atoms with Crippen LogP contribution in [0.5, 0.6) is 17.2 Å². The van der Waals surface area contributed by atoms with E-state index in [0.29, 0.717) is 37.8 Å². The number of carbonyl (C=O) groups excluding carboxylic acids is 1. The van der Waals surface area contributed by atoms with Gasteiger partial charge in [0.25, 0.3) is 0 Å². The summed E-state index contributed by atoms with van der Waals surface area (Å²) in [6.45, 7) is 2.13. The van der Waals surface area contributed by atoms with Crippen molar-refractivity contribution in [2.45, 2.75) is 6.10 Å². The van der Waals surface area contributed by atoms with E-state index in [-0.39, 0.29) is 18.8 Å². The number of amides is 1. The van der Waals surface area contributed by atoms with E-state index in [1.807, 2.05) is 48.7 Å². The van der Waals surface area contributed by atoms with Crippen LogP contribution >= 0.6 is 0 Å². The van der Waals surface area contributed by atoms with Crippen LogP contribution in [0.1, 0.15) is 5.56 Å². The predicted molar refractivity (Wildman–Crippen MR) is 112 cm³/mol. The Bertz CT molecular complexity index is 1090. The topological polar surface area (TPSA) is 73.0 Å². The highest BCUT2D eigenvalue weighted by Crippen LogP contribution is 2.35. The highest BCUT2D eigenvalue weighted by atomic mass is 16.7. The number of hydrogen-bond acceptors (Lipinski definition) is 5. The molecule has 0 radical (unpaired) electrons. The van der Waals surface area contributed by atoms with E-state index >= 15 is 0 Å². The first-order chi connectivity index (χ1) is 14.8. The van der Waals surface area contributed by atoms with E-state index < -0.39 is 0 Å². The number of benzene rings is 2. The summed E-state index contributed by atoms with van der Waals surface area (Å²) in [6, 6.07) is 13.5. The monoisotopic (exact) mass is 406 g/mol. The van der Waals surface area contributed by atoms with E-state index in [1.54, 1.807) is 17.0 Å². The minimum Gasteiger partial charge on any atom is -0.491 e. The Hall–Kier alpha value is -3.45. The van der Waals surface area contributed by atoms with Crippen LogP contribution in [0.15, 0.2) is 54.7 Å². The molecule has 5 rings (SSSR count). The quantitative estimate of drug-likeness (QED) is 0.659. The van der Waals surface area contributed by atoms with E-state index in [9.17, 15) is 4.79 Å². The lowest BCUT2D eigenvalue weighted by molar-refractivity contribution is -0.134. The fourth-order valence-electron chi connectivity index (χ4n) is 3.67. The predicted octanol–water partition coefficient (Wildman–Crippen LogP) is 3.22. The molecule has 30 heavy (non-hydrogen) atoms. The molecule has 1 amide bonds. The van der Waals surface area contributed by atoms with Gasteiger partial charge in [-0.2, -0.15) is 0 Å². The van der Waals surface area contributed by atoms with Gasteiger partial charge in [0.2, 0.25) is 12.7 Å². The Morgan fingerprint density at radius 2 is 2.10 bits per heavy atom. The van der Waals surface area contributed by atoms with Crippen molar-refractivity contribution in [2.24, 2.45) is 0 Å². The number of fused-ring (bicyclic) bond motifs is 2. The van der Waals surface area contributed by atoms with Gasteiger partial charge in [-0.05, 0) is 29.8 Å². The first-order valence-electron chi connectivity index (χ1n) is 9.93. The van der Waals surface area contributed by atoms with Gasteiger partial charge in [0.15, 0.2) is 11.5 Å². The number of nitrogens with one attached hydrogen (secondary N) is 1. The Kier molecular flexibility index (Phi) is 5.03. The van der Waals surface area contributed by atoms with E-state index in [0.717, 1.165) is 22.2 Å². The molecule has 0 aliphatic carbocycles. The molecule has 1 N–H and O–H groups in total. The molecule has 1 atom stereocenters. The van der Waals surface area contributed by atoms with Crippen molar-refractivity contribution in [2.75, 3.05) is 33.1 Å². The number of nitrogens with zero attached hydrogens (tertiary/aromatic N) is 1. The molecule has 1 aromatic heterocycles. The molecule has 3 heterocycles. The van der Waals surface area contributed by atoms with Crippen LogP contribution in [0.25, 0.3) is 17.0 Å². The third kappa shape index (κ3) is 3.84. The minimum absolute atomic E-state index is 0.0309. The first-order valence-corrected chi connectivity index (χ1v) is 9.93. The van der Waals surface area contributed by atoms with Crippen molar-refractivity contribution >= 4 is 22.9 Å². The summed E-state index contributed by atoms with van der Waals surface area (Å²) >= 11 is 0. The van der Waals surface area contributed by atoms with E-state index in [4.69, 9.17) is 18.9 Å². The molecule has 0 saturated carbocycles. The largest absolute Gasteiger partial charge is 0.491 e. The van der Waals surface area contributed by atoms with Crippen molar-refractivity contribution < 1.29 is 23.7 Å². The Morgan fingerprint density at radius 1 is 1.20 bits per heavy atom. The van der Waals surface area contributed by atoms with Crippen LogP contribution in [0.2, 0.25) is 0 Å². The average molecular weight is 406 g/mol. The maximum atomic E-state index is 12.7. The van der Waals surface area contributed by atoms with Crippen LogP contribution in [-0.4, -0.2) is 55.0 Å². The van der Waals surface area contributed by atoms with E-state index in [2.05, 4.69) is 4.98 Å². The maximum Gasteiger partial charge on any atom is 0.246 e. The lowest BCUT2D eigenvalue weighted by Crippen LogP contribution is -2.47. The molecule has 1 unspecified atom stereocenters. The number of aromatic nitrogens is 1. The summed E-state index contributed by atoms with van der Waals surface area (Å²) in [4.78, 5) is 17.7. The first kappa shape index (κ1) is 18.6. The van der Waals surface area contributed by atoms with Gasteiger partial charge in [-0.15, -0.1) is 0 Å². The standard InChI is InChI=1S/C23H22N2O5/c26-23(8-5-16-12-24-20-4-2-1-3-19(16)20)25-9-10-27-18(13-25)14-28-17-6-7-21-22(11-17)30-15-29-21/h1-8,11-12,18,24H,9-10,13-15H2/b8-5+. The average Bonchev–Trinajstić information content (AvgIpc) is 3.42. The van der Waals surface area contributed by atoms with Gasteiger partial charge in [-0.3, -0.25) is 4.79 Å². The summed E-state index contributed by atoms with van der Waals surface area (Å²) in [7, 11) is 0. The molecule has 1 fully saturated rings. The fraction of sp³-hybridized carbons (Fsp3) is 0.261. The van der Waals surface area contributed by atoms with Crippen LogP contribution < -0.4 is 14.2 Å². The van der Waals surface area contributed by atoms with Gasteiger partial charge in [0, 0.05) is 35.8 Å². The minimum atomic E-state index is -0.186. The molecule has 3 aromatic rings. The molecule has 2 aromatic carbocycles. The Balaban J connectivity index is 1.18. The molecule has 7 heteroatoms. The molecule has 7 nitrogen and oxygen atoms in total. The lowest BCUT2D eigenvalue weighted by Gasteiger charge is -2.32. The highest BCUT2D eigenvalue weighted by Gasteiger charge is 2.24. The zero-order valence-electron chi connectivity index (χ0n) is 16.4. The summed E-state index contributed by atoms with van der Waals surface area (Å²) in [5.74, 6) is 2.05. The summed E-state index contributed by atoms with van der Waals surface area (Å²) in [5, 5.41) is 1.10. The van der Waals surface area contributed by atoms with Crippen LogP contribution in [-0.2, 0) is 9.53 Å². The van der Waals surface area contributed by atoms with Crippen molar-refractivity contribution in [1.82, 2.24) is 9.88 Å². The van der Waals surface area contributed by atoms with Gasteiger partial charge < -0.3 is 28.8 Å². The second-order valence-corrected chi connectivity index (χ2v) is 7.23. The molecular weight excluding hydrogens is 384 g/mol. The normalized spacial score (nSPS) is 18.3. The molecule has 154 valence electrons. The van der Waals surface area contributed by atoms with Gasteiger partial charge in [0.05, 0.1) is 13.2 Å². The summed E-state index contributed by atoms with van der Waals surface area (Å²) in [6.07, 6.45) is 5.20. The number of para-hydroxylation sites is 1. The van der Waals surface area contributed by atoms with Gasteiger partial charge >= 0.3 is 0 Å². The SMILES string of the molecule is O=C(/C=C/c1c[nH]c2ccccc12)N1CCOC(COc2ccc3c(c2)OCO3)C1. The third-order valence-electron chi connectivity index (χ3n) is 5.26. The van der Waals surface area contributed by atoms with Crippen LogP contribution in [0.3, 0.4) is 0 Å². The van der Waals surface area contributed by atoms with Crippen LogP contribution in [0, 0.1) is 0 Å². The molecule has 1 saturated heterocycles. The number of rotatable bonds is 5. The van der Waals surface area contributed by atoms with Gasteiger partial charge in [0.1, 0.15) is 18.5 Å². The number of morpholine rings is 1. The zero-order valence-corrected chi connectivity index (χ0v) is 16.4. The van der Waals surface area contributed by atoms with E-state index in [1.165, 1.54) is 0 Å². The van der Waals surface area contributed by atoms with Gasteiger partial charge in [-0.1, -0.05) is 18.2 Å². The third-order valence-corrected chi connectivity index (χ3v) is 5.26. The fourth-order valence-corrected chi connectivity index (χ4v) is 3.67. The van der Waals surface area contributed by atoms with Crippen molar-refractivity contribution in [3.05, 3.63) is 60.3 Å². The molecule has 0 bridgehead atoms. The molecule has 0 spiro atoms. The molecule has 2 aliphatic heterocycles. The van der Waals surface area contributed by atoms with Crippen molar-refractivity contribution in [1.29, 1.82) is 0 Å². The number of H-pyrrole nitrogens is 1. The zero-order chi connectivity index (χ0) is 20.3. The van der Waals surface area contributed by atoms with Gasteiger partial charge in [-0.25, -0.2) is 0 Å². The molecule has 2 aliphatic rings. The number of hydrogen-bond donors (Lipinski definition) is 1. The number of ether oxygens (including phenoxy) is 4. The lowest BCUT2D eigenvalue weighted by atomic mass is 10.1. The molecular formula is C23H22N2O5. The number of carbonyl (C=O) groups is 1. The van der Waals surface area contributed by atoms with Crippen LogP contribution in [0.4, 0.5) is 0 Å². The summed E-state index contributed by atoms with van der Waals surface area (Å²) < 4.78 is 22.3. The van der Waals surface area contributed by atoms with Crippen molar-refractivity contribution in [3.63, 3.8) is 0 Å². The maximum absolute atomic E-state index is 12.7. The highest BCUT2D eigenvalue weighted by molar-refractivity contribution is 5.96. The Morgan fingerprint density at radius 3 is 3.07 bits per heavy atom.